The van der Waals surface area contributed by atoms with Crippen molar-refractivity contribution >= 4 is 5.78 Å². The molecule has 7 heteroatoms. The van der Waals surface area contributed by atoms with E-state index < -0.39 is 11.6 Å². The maximum atomic E-state index is 13.7. The van der Waals surface area contributed by atoms with Crippen LogP contribution in [0.2, 0.25) is 0 Å². The zero-order valence-corrected chi connectivity index (χ0v) is 14.5. The summed E-state index contributed by atoms with van der Waals surface area (Å²) in [6.07, 6.45) is 5.48. The summed E-state index contributed by atoms with van der Waals surface area (Å²) >= 11 is 0. The fourth-order valence-electron chi connectivity index (χ4n) is 4.38. The minimum atomic E-state index is -0.882. The molecule has 3 aliphatic carbocycles. The van der Waals surface area contributed by atoms with E-state index in [2.05, 4.69) is 9.97 Å². The van der Waals surface area contributed by atoms with E-state index in [1.807, 2.05) is 6.07 Å². The molecule has 0 N–H and O–H groups in total. The smallest absolute Gasteiger partial charge is 0.232 e. The van der Waals surface area contributed by atoms with Crippen molar-refractivity contribution in [2.24, 2.45) is 10.8 Å². The Balaban J connectivity index is 1.26. The van der Waals surface area contributed by atoms with Crippen LogP contribution in [0.5, 0.6) is 5.88 Å². The van der Waals surface area contributed by atoms with Crippen LogP contribution < -0.4 is 4.74 Å². The van der Waals surface area contributed by atoms with Gasteiger partial charge in [0, 0.05) is 17.3 Å². The Morgan fingerprint density at radius 1 is 1.22 bits per heavy atom. The molecule has 5 nitrogen and oxygen atoms in total. The third kappa shape index (κ3) is 3.05. The standard InChI is InChI=1S/C20H17F2N3O2/c21-15-3-1-2-13(18(15)22)4-5-16(26)20-9-19(10-20,11-20)12-27-17-8-24-14(6-23)7-25-17/h1-3,7-8H,4-5,9-12H2. The van der Waals surface area contributed by atoms with Crippen molar-refractivity contribution in [3.63, 3.8) is 0 Å². The molecule has 3 saturated carbocycles. The molecule has 0 aliphatic heterocycles. The summed E-state index contributed by atoms with van der Waals surface area (Å²) in [6.45, 7) is 0.459. The van der Waals surface area contributed by atoms with Gasteiger partial charge in [-0.15, -0.1) is 0 Å². The van der Waals surface area contributed by atoms with Crippen molar-refractivity contribution in [3.05, 3.63) is 53.5 Å². The summed E-state index contributed by atoms with van der Waals surface area (Å²) in [6, 6.07) is 5.94. The molecule has 5 rings (SSSR count). The van der Waals surface area contributed by atoms with Crippen LogP contribution in [0.3, 0.4) is 0 Å². The number of nitrogens with zero attached hydrogens (tertiary/aromatic N) is 3. The summed E-state index contributed by atoms with van der Waals surface area (Å²) < 4.78 is 32.6. The first kappa shape index (κ1) is 17.5. The number of halogens is 2. The summed E-state index contributed by atoms with van der Waals surface area (Å²) in [4.78, 5) is 20.5. The third-order valence-electron chi connectivity index (χ3n) is 5.65. The van der Waals surface area contributed by atoms with Gasteiger partial charge in [0.25, 0.3) is 0 Å². The molecule has 0 unspecified atom stereocenters. The van der Waals surface area contributed by atoms with E-state index in [-0.39, 0.29) is 40.7 Å². The second kappa shape index (κ2) is 6.38. The molecule has 0 spiro atoms. The predicted molar refractivity (Wildman–Crippen MR) is 90.6 cm³/mol. The van der Waals surface area contributed by atoms with Crippen molar-refractivity contribution in [3.8, 4) is 11.9 Å². The number of ether oxygens (including phenoxy) is 1. The number of rotatable bonds is 7. The van der Waals surface area contributed by atoms with E-state index in [0.29, 0.717) is 12.5 Å². The Bertz CT molecular complexity index is 917. The summed E-state index contributed by atoms with van der Waals surface area (Å²) in [5.74, 6) is -1.27. The number of carbonyl (C=O) groups is 1. The Morgan fingerprint density at radius 3 is 2.67 bits per heavy atom. The van der Waals surface area contributed by atoms with Gasteiger partial charge >= 0.3 is 0 Å². The highest BCUT2D eigenvalue weighted by Crippen LogP contribution is 2.73. The van der Waals surface area contributed by atoms with E-state index in [1.165, 1.54) is 24.5 Å². The lowest BCUT2D eigenvalue weighted by Gasteiger charge is -2.69. The number of hydrogen-bond acceptors (Lipinski definition) is 5. The normalized spacial score (nSPS) is 25.1. The van der Waals surface area contributed by atoms with Crippen molar-refractivity contribution in [2.45, 2.75) is 32.1 Å². The number of hydrogen-bond donors (Lipinski definition) is 0. The van der Waals surface area contributed by atoms with E-state index in [9.17, 15) is 13.6 Å². The number of aryl methyl sites for hydroxylation is 1. The summed E-state index contributed by atoms with van der Waals surface area (Å²) in [7, 11) is 0. The lowest BCUT2D eigenvalue weighted by atomic mass is 9.34. The van der Waals surface area contributed by atoms with Crippen LogP contribution in [0.25, 0.3) is 0 Å². The fraction of sp³-hybridized carbons (Fsp3) is 0.400. The van der Waals surface area contributed by atoms with Crippen molar-refractivity contribution in [1.29, 1.82) is 5.26 Å². The summed E-state index contributed by atoms with van der Waals surface area (Å²) in [5, 5.41) is 8.70. The SMILES string of the molecule is N#Cc1cnc(OCC23CC(C(=O)CCc4cccc(F)c4F)(C2)C3)cn1. The van der Waals surface area contributed by atoms with E-state index in [1.54, 1.807) is 0 Å². The molecule has 0 radical (unpaired) electrons. The monoisotopic (exact) mass is 369 g/mol. The van der Waals surface area contributed by atoms with Gasteiger partial charge in [0.1, 0.15) is 11.9 Å². The Morgan fingerprint density at radius 2 is 2.00 bits per heavy atom. The van der Waals surface area contributed by atoms with Crippen LogP contribution in [-0.2, 0) is 11.2 Å². The number of Topliss-reactive ketones (excluding diaryl/α,β-unsaturated/α-hetero) is 1. The molecule has 1 aromatic heterocycles. The number of carbonyl (C=O) groups excluding carboxylic acids is 1. The second-order valence-corrected chi connectivity index (χ2v) is 7.59. The molecule has 0 amide bonds. The first-order valence-electron chi connectivity index (χ1n) is 8.77. The topological polar surface area (TPSA) is 75.9 Å². The molecule has 0 saturated heterocycles. The Kier molecular flexibility index (Phi) is 4.14. The lowest BCUT2D eigenvalue weighted by molar-refractivity contribution is -0.215. The number of ketones is 1. The molecular formula is C20H17F2N3O2. The number of nitriles is 1. The maximum Gasteiger partial charge on any atom is 0.232 e. The number of aromatic nitrogens is 2. The summed E-state index contributed by atoms with van der Waals surface area (Å²) in [5.41, 5.74) is 0.151. The molecule has 2 aromatic rings. The fourth-order valence-corrected chi connectivity index (χ4v) is 4.38. The number of benzene rings is 1. The Hall–Kier alpha value is -2.88. The highest BCUT2D eigenvalue weighted by molar-refractivity contribution is 5.88. The van der Waals surface area contributed by atoms with Crippen LogP contribution in [0.1, 0.15) is 36.9 Å². The maximum absolute atomic E-state index is 13.7. The highest BCUT2D eigenvalue weighted by Gasteiger charge is 2.70. The van der Waals surface area contributed by atoms with Gasteiger partial charge < -0.3 is 4.74 Å². The average molecular weight is 369 g/mol. The second-order valence-electron chi connectivity index (χ2n) is 7.59. The first-order chi connectivity index (χ1) is 13.0. The minimum absolute atomic E-state index is 0.00462. The molecule has 3 fully saturated rings. The van der Waals surface area contributed by atoms with Crippen LogP contribution >= 0.6 is 0 Å². The Labute approximate surface area is 155 Å². The van der Waals surface area contributed by atoms with Crippen LogP contribution in [-0.4, -0.2) is 22.4 Å². The van der Waals surface area contributed by atoms with Crippen molar-refractivity contribution in [1.82, 2.24) is 9.97 Å². The average Bonchev–Trinajstić information content (AvgIpc) is 2.61. The van der Waals surface area contributed by atoms with Crippen molar-refractivity contribution < 1.29 is 18.3 Å². The van der Waals surface area contributed by atoms with Gasteiger partial charge in [-0.1, -0.05) is 12.1 Å². The highest BCUT2D eigenvalue weighted by atomic mass is 19.2. The van der Waals surface area contributed by atoms with Gasteiger partial charge in [-0.3, -0.25) is 4.79 Å². The van der Waals surface area contributed by atoms with Crippen molar-refractivity contribution in [2.75, 3.05) is 6.61 Å². The van der Waals surface area contributed by atoms with Gasteiger partial charge in [-0.25, -0.2) is 18.7 Å². The molecule has 27 heavy (non-hydrogen) atoms. The van der Waals surface area contributed by atoms with Gasteiger partial charge in [0.05, 0.1) is 19.0 Å². The van der Waals surface area contributed by atoms with E-state index >= 15 is 0 Å². The first-order valence-corrected chi connectivity index (χ1v) is 8.77. The van der Waals surface area contributed by atoms with Gasteiger partial charge in [0.2, 0.25) is 5.88 Å². The third-order valence-corrected chi connectivity index (χ3v) is 5.65. The molecule has 0 atom stereocenters. The van der Waals surface area contributed by atoms with Crippen LogP contribution in [0, 0.1) is 33.8 Å². The predicted octanol–water partition coefficient (Wildman–Crippen LogP) is 3.38. The van der Waals surface area contributed by atoms with Gasteiger partial charge in [0.15, 0.2) is 17.3 Å². The lowest BCUT2D eigenvalue weighted by Crippen LogP contribution is -2.67. The zero-order chi connectivity index (χ0) is 19.1. The van der Waals surface area contributed by atoms with Gasteiger partial charge in [-0.2, -0.15) is 5.26 Å². The van der Waals surface area contributed by atoms with Crippen LogP contribution in [0.15, 0.2) is 30.6 Å². The zero-order valence-electron chi connectivity index (χ0n) is 14.5. The molecule has 138 valence electrons. The minimum Gasteiger partial charge on any atom is -0.476 e. The molecule has 1 aromatic carbocycles. The molecule has 3 aliphatic rings. The molecular weight excluding hydrogens is 352 g/mol. The quantitative estimate of drug-likeness (QED) is 0.748. The van der Waals surface area contributed by atoms with E-state index in [4.69, 9.17) is 10.00 Å². The molecule has 1 heterocycles. The largest absolute Gasteiger partial charge is 0.476 e. The van der Waals surface area contributed by atoms with E-state index in [0.717, 1.165) is 25.3 Å². The van der Waals surface area contributed by atoms with Gasteiger partial charge in [-0.05, 0) is 37.3 Å². The molecule has 2 bridgehead atoms. The van der Waals surface area contributed by atoms with Crippen LogP contribution in [0.4, 0.5) is 8.78 Å².